The average molecular weight is 397 g/mol. The molecule has 0 bridgehead atoms. The first-order chi connectivity index (χ1) is 6.66. The van der Waals surface area contributed by atoms with Crippen LogP contribution < -0.4 is 0 Å². The Bertz CT molecular complexity index is 425. The third-order valence-electron chi connectivity index (χ3n) is 1.77. The second kappa shape index (κ2) is 4.47. The van der Waals surface area contributed by atoms with Crippen LogP contribution in [0.15, 0.2) is 43.1 Å². The Hall–Kier alpha value is 0.360. The van der Waals surface area contributed by atoms with E-state index in [1.165, 1.54) is 10.4 Å². The zero-order chi connectivity index (χ0) is 10.1. The van der Waals surface area contributed by atoms with Crippen molar-refractivity contribution in [3.8, 4) is 10.4 Å². The minimum Gasteiger partial charge on any atom is -0.127 e. The van der Waals surface area contributed by atoms with Crippen molar-refractivity contribution >= 4 is 59.1 Å². The maximum atomic E-state index is 3.49. The van der Waals surface area contributed by atoms with Gasteiger partial charge in [0.1, 0.15) is 0 Å². The van der Waals surface area contributed by atoms with E-state index < -0.39 is 0 Å². The Morgan fingerprint density at radius 3 is 2.07 bits per heavy atom. The van der Waals surface area contributed by atoms with E-state index in [2.05, 4.69) is 78.1 Å². The minimum absolute atomic E-state index is 1.11. The molecule has 1 heterocycles. The summed E-state index contributed by atoms with van der Waals surface area (Å²) in [5.74, 6) is 0. The van der Waals surface area contributed by atoms with Crippen LogP contribution >= 0.6 is 59.1 Å². The van der Waals surface area contributed by atoms with E-state index in [4.69, 9.17) is 0 Å². The molecular formula is C10H5Br3S. The van der Waals surface area contributed by atoms with E-state index in [9.17, 15) is 0 Å². The molecule has 0 fully saturated rings. The molecule has 0 amide bonds. The molecule has 4 heteroatoms. The van der Waals surface area contributed by atoms with Gasteiger partial charge in [0.15, 0.2) is 0 Å². The van der Waals surface area contributed by atoms with E-state index in [-0.39, 0.29) is 0 Å². The summed E-state index contributed by atoms with van der Waals surface area (Å²) in [5.41, 5.74) is 1.24. The van der Waals surface area contributed by atoms with Crippen molar-refractivity contribution in [2.24, 2.45) is 0 Å². The predicted octanol–water partition coefficient (Wildman–Crippen LogP) is 5.70. The zero-order valence-electron chi connectivity index (χ0n) is 6.93. The molecule has 0 saturated heterocycles. The van der Waals surface area contributed by atoms with Gasteiger partial charge in [0.2, 0.25) is 0 Å². The Labute approximate surface area is 112 Å². The number of hydrogen-bond donors (Lipinski definition) is 0. The molecule has 0 saturated carbocycles. The average Bonchev–Trinajstić information content (AvgIpc) is 2.48. The summed E-state index contributed by atoms with van der Waals surface area (Å²) in [5, 5.41) is 0. The lowest BCUT2D eigenvalue weighted by Gasteiger charge is -1.96. The molecule has 72 valence electrons. The quantitative estimate of drug-likeness (QED) is 0.579. The number of benzene rings is 1. The third kappa shape index (κ3) is 2.30. The molecule has 0 radical (unpaired) electrons. The van der Waals surface area contributed by atoms with E-state index in [0.717, 1.165) is 12.7 Å². The van der Waals surface area contributed by atoms with Crippen LogP contribution in [0.4, 0.5) is 0 Å². The molecule has 0 aliphatic carbocycles. The van der Waals surface area contributed by atoms with Gasteiger partial charge in [0, 0.05) is 13.8 Å². The molecule has 1 aromatic heterocycles. The molecule has 0 nitrogen and oxygen atoms in total. The van der Waals surface area contributed by atoms with Gasteiger partial charge in [-0.3, -0.25) is 0 Å². The van der Waals surface area contributed by atoms with Gasteiger partial charge in [0.05, 0.1) is 3.79 Å². The third-order valence-corrected chi connectivity index (χ3v) is 5.61. The number of halogens is 3. The van der Waals surface area contributed by atoms with Gasteiger partial charge in [-0.05, 0) is 55.6 Å². The molecule has 14 heavy (non-hydrogen) atoms. The van der Waals surface area contributed by atoms with Crippen molar-refractivity contribution in [2.75, 3.05) is 0 Å². The SMILES string of the molecule is Brc1ccc(-c2cc(Br)c(Br)s2)cc1. The fourth-order valence-electron chi connectivity index (χ4n) is 1.10. The summed E-state index contributed by atoms with van der Waals surface area (Å²) in [6.07, 6.45) is 0. The number of hydrogen-bond acceptors (Lipinski definition) is 1. The van der Waals surface area contributed by atoms with Gasteiger partial charge in [-0.1, -0.05) is 28.1 Å². The van der Waals surface area contributed by atoms with Crippen LogP contribution in [0.5, 0.6) is 0 Å². The summed E-state index contributed by atoms with van der Waals surface area (Å²) < 4.78 is 3.35. The van der Waals surface area contributed by atoms with Gasteiger partial charge in [0.25, 0.3) is 0 Å². The van der Waals surface area contributed by atoms with Gasteiger partial charge < -0.3 is 0 Å². The monoisotopic (exact) mass is 394 g/mol. The van der Waals surface area contributed by atoms with Gasteiger partial charge >= 0.3 is 0 Å². The van der Waals surface area contributed by atoms with Gasteiger partial charge in [-0.15, -0.1) is 11.3 Å². The lowest BCUT2D eigenvalue weighted by atomic mass is 10.2. The van der Waals surface area contributed by atoms with Crippen molar-refractivity contribution in [2.45, 2.75) is 0 Å². The van der Waals surface area contributed by atoms with Gasteiger partial charge in [-0.25, -0.2) is 0 Å². The second-order valence-electron chi connectivity index (χ2n) is 2.74. The normalized spacial score (nSPS) is 10.5. The maximum Gasteiger partial charge on any atom is 0.0846 e. The molecule has 0 aliphatic heterocycles. The molecule has 0 unspecified atom stereocenters. The van der Waals surface area contributed by atoms with Crippen LogP contribution in [0, 0.1) is 0 Å². The first-order valence-electron chi connectivity index (χ1n) is 3.87. The van der Waals surface area contributed by atoms with Crippen LogP contribution in [-0.4, -0.2) is 0 Å². The topological polar surface area (TPSA) is 0 Å². The lowest BCUT2D eigenvalue weighted by Crippen LogP contribution is -1.70. The van der Waals surface area contributed by atoms with Crippen molar-refractivity contribution in [1.29, 1.82) is 0 Å². The molecular weight excluding hydrogens is 392 g/mol. The van der Waals surface area contributed by atoms with Crippen LogP contribution in [-0.2, 0) is 0 Å². The molecule has 0 aliphatic rings. The van der Waals surface area contributed by atoms with Gasteiger partial charge in [-0.2, -0.15) is 0 Å². The second-order valence-corrected chi connectivity index (χ2v) is 6.88. The number of rotatable bonds is 1. The largest absolute Gasteiger partial charge is 0.127 e. The van der Waals surface area contributed by atoms with Crippen LogP contribution in [0.3, 0.4) is 0 Å². The lowest BCUT2D eigenvalue weighted by molar-refractivity contribution is 1.64. The number of thiophene rings is 1. The summed E-state index contributed by atoms with van der Waals surface area (Å²) in [4.78, 5) is 1.26. The highest BCUT2D eigenvalue weighted by molar-refractivity contribution is 9.13. The highest BCUT2D eigenvalue weighted by Gasteiger charge is 2.05. The van der Waals surface area contributed by atoms with Crippen LogP contribution in [0.25, 0.3) is 10.4 Å². The smallest absolute Gasteiger partial charge is 0.0846 e. The molecule has 2 aromatic rings. The molecule has 0 N–H and O–H groups in total. The van der Waals surface area contributed by atoms with Crippen molar-refractivity contribution < 1.29 is 0 Å². The minimum atomic E-state index is 1.11. The summed E-state index contributed by atoms with van der Waals surface area (Å²) in [6.45, 7) is 0. The van der Waals surface area contributed by atoms with Crippen LogP contribution in [0.2, 0.25) is 0 Å². The maximum absolute atomic E-state index is 3.49. The van der Waals surface area contributed by atoms with Crippen molar-refractivity contribution in [1.82, 2.24) is 0 Å². The van der Waals surface area contributed by atoms with E-state index in [1.54, 1.807) is 11.3 Å². The molecule has 0 atom stereocenters. The Morgan fingerprint density at radius 2 is 1.57 bits per heavy atom. The molecule has 0 spiro atoms. The Morgan fingerprint density at radius 1 is 0.929 bits per heavy atom. The standard InChI is InChI=1S/C10H5Br3S/c11-7-3-1-6(2-4-7)9-5-8(12)10(13)14-9/h1-5H. The Balaban J connectivity index is 2.44. The van der Waals surface area contributed by atoms with Crippen molar-refractivity contribution in [3.05, 3.63) is 43.1 Å². The Kier molecular flexibility index (Phi) is 3.47. The summed E-state index contributed by atoms with van der Waals surface area (Å²) in [6, 6.07) is 10.4. The highest BCUT2D eigenvalue weighted by Crippen LogP contribution is 2.38. The summed E-state index contributed by atoms with van der Waals surface area (Å²) >= 11 is 12.1. The van der Waals surface area contributed by atoms with Crippen molar-refractivity contribution in [3.63, 3.8) is 0 Å². The zero-order valence-corrected chi connectivity index (χ0v) is 12.5. The molecule has 2 rings (SSSR count). The fourth-order valence-corrected chi connectivity index (χ4v) is 3.41. The van der Waals surface area contributed by atoms with E-state index >= 15 is 0 Å². The summed E-state index contributed by atoms with van der Waals surface area (Å²) in [7, 11) is 0. The van der Waals surface area contributed by atoms with Crippen LogP contribution in [0.1, 0.15) is 0 Å². The first kappa shape index (κ1) is 10.9. The highest BCUT2D eigenvalue weighted by atomic mass is 79.9. The fraction of sp³-hybridized carbons (Fsp3) is 0. The van der Waals surface area contributed by atoms with E-state index in [1.807, 2.05) is 0 Å². The predicted molar refractivity (Wildman–Crippen MR) is 72.9 cm³/mol. The first-order valence-corrected chi connectivity index (χ1v) is 7.07. The van der Waals surface area contributed by atoms with E-state index in [0.29, 0.717) is 0 Å². The molecule has 1 aromatic carbocycles.